The Morgan fingerprint density at radius 1 is 1.10 bits per heavy atom. The number of carbonyl (C=O) groups excluding carboxylic acids is 2. The molecule has 2 atom stereocenters. The summed E-state index contributed by atoms with van der Waals surface area (Å²) in [4.78, 5) is 47.1. The molecule has 0 saturated heterocycles. The van der Waals surface area contributed by atoms with Gasteiger partial charge < -0.3 is 31.2 Å². The standard InChI is InChI=1S/C32H35N5O5/c1-18-12-23(29(34)38)13-19(2)24(18)15-26(33)31(39)37(17-21-10-11-28(42-4)25(14-21)32(40)41)20(3)30-35-16-27(36-30)22-8-6-5-7-9-22/h5-14,16,20,26H,15,17,33H2,1-4H3,(H2,34,38)(H,35,36)(H,40,41)/i4+1D3. The van der Waals surface area contributed by atoms with Crippen LogP contribution in [0.1, 0.15) is 65.9 Å². The zero-order chi connectivity index (χ0) is 33.1. The number of methoxy groups -OCH3 is 1. The van der Waals surface area contributed by atoms with E-state index >= 15 is 0 Å². The van der Waals surface area contributed by atoms with Gasteiger partial charge in [-0.3, -0.25) is 9.59 Å². The molecular formula is C32H35N5O5. The number of hydrogen-bond donors (Lipinski definition) is 4. The van der Waals surface area contributed by atoms with Crippen molar-refractivity contribution in [1.29, 1.82) is 0 Å². The minimum absolute atomic E-state index is 0.0675. The summed E-state index contributed by atoms with van der Waals surface area (Å²) in [6.07, 6.45) is 1.83. The summed E-state index contributed by atoms with van der Waals surface area (Å²) in [5.41, 5.74) is 16.4. The van der Waals surface area contributed by atoms with Crippen molar-refractivity contribution in [1.82, 2.24) is 14.9 Å². The molecule has 4 rings (SSSR count). The number of aryl methyl sites for hydroxylation is 2. The molecule has 0 bridgehead atoms. The molecule has 0 aliphatic rings. The van der Waals surface area contributed by atoms with Crippen LogP contribution in [0.5, 0.6) is 5.75 Å². The second-order valence-corrected chi connectivity index (χ2v) is 10.2. The number of amides is 2. The first kappa shape index (κ1) is 26.0. The van der Waals surface area contributed by atoms with Gasteiger partial charge in [-0.15, -0.1) is 0 Å². The first-order valence-electron chi connectivity index (χ1n) is 14.8. The SMILES string of the molecule is [2H][13C]([2H])([2H])Oc1ccc(CN(C(=O)C(N)Cc2c(C)cc(C(N)=O)cc2C)C(C)c2ncc(-c3ccccc3)[nH]2)cc1C(=O)O. The molecule has 42 heavy (non-hydrogen) atoms. The number of carbonyl (C=O) groups is 3. The number of imidazole rings is 1. The highest BCUT2D eigenvalue weighted by molar-refractivity contribution is 5.93. The van der Waals surface area contributed by atoms with Gasteiger partial charge in [0.1, 0.15) is 17.1 Å². The van der Waals surface area contributed by atoms with Crippen LogP contribution in [0.15, 0.2) is 66.9 Å². The van der Waals surface area contributed by atoms with Crippen LogP contribution in [0.2, 0.25) is 0 Å². The highest BCUT2D eigenvalue weighted by Gasteiger charge is 2.29. The van der Waals surface area contributed by atoms with Crippen LogP contribution in [-0.2, 0) is 17.8 Å². The third-order valence-corrected chi connectivity index (χ3v) is 7.29. The minimum Gasteiger partial charge on any atom is -0.496 e. The molecule has 0 fully saturated rings. The Hall–Kier alpha value is -4.96. The van der Waals surface area contributed by atoms with Crippen LogP contribution in [0.4, 0.5) is 0 Å². The predicted molar refractivity (Wildman–Crippen MR) is 159 cm³/mol. The molecular weight excluding hydrogens is 535 g/mol. The summed E-state index contributed by atoms with van der Waals surface area (Å²) in [6, 6.07) is 15.2. The Bertz CT molecular complexity index is 1700. The number of nitrogens with one attached hydrogen (secondary N) is 1. The van der Waals surface area contributed by atoms with E-state index in [2.05, 4.69) is 9.97 Å². The molecule has 0 saturated carbocycles. The van der Waals surface area contributed by atoms with E-state index < -0.39 is 36.9 Å². The molecule has 3 aromatic carbocycles. The van der Waals surface area contributed by atoms with E-state index in [4.69, 9.17) is 20.3 Å². The van der Waals surface area contributed by atoms with Crippen molar-refractivity contribution in [2.75, 3.05) is 7.04 Å². The maximum atomic E-state index is 14.1. The van der Waals surface area contributed by atoms with Gasteiger partial charge in [-0.1, -0.05) is 36.4 Å². The van der Waals surface area contributed by atoms with Crippen LogP contribution in [0, 0.1) is 13.8 Å². The number of H-pyrrole nitrogens is 1. The van der Waals surface area contributed by atoms with E-state index in [-0.39, 0.29) is 24.3 Å². The number of carboxylic acid groups (broad SMARTS) is 1. The first-order valence-corrected chi connectivity index (χ1v) is 13.3. The Kier molecular flexibility index (Phi) is 7.85. The summed E-state index contributed by atoms with van der Waals surface area (Å²) in [7, 11) is -2.85. The van der Waals surface area contributed by atoms with Crippen LogP contribution in [-0.4, -0.2) is 50.8 Å². The maximum absolute atomic E-state index is 14.1. The van der Waals surface area contributed by atoms with E-state index in [1.54, 1.807) is 25.3 Å². The molecule has 0 radical (unpaired) electrons. The van der Waals surface area contributed by atoms with E-state index in [9.17, 15) is 19.5 Å². The van der Waals surface area contributed by atoms with Crippen LogP contribution >= 0.6 is 0 Å². The predicted octanol–water partition coefficient (Wildman–Crippen LogP) is 4.16. The third-order valence-electron chi connectivity index (χ3n) is 7.29. The molecule has 1 aromatic heterocycles. The molecule has 2 unspecified atom stereocenters. The fourth-order valence-corrected chi connectivity index (χ4v) is 4.97. The zero-order valence-electron chi connectivity index (χ0n) is 26.5. The molecule has 4 aromatic rings. The topological polar surface area (TPSA) is 165 Å². The third kappa shape index (κ3) is 6.50. The van der Waals surface area contributed by atoms with Gasteiger partial charge in [0.15, 0.2) is 0 Å². The van der Waals surface area contributed by atoms with Crippen molar-refractivity contribution in [3.63, 3.8) is 0 Å². The van der Waals surface area contributed by atoms with Crippen molar-refractivity contribution in [3.05, 3.63) is 106 Å². The molecule has 10 nitrogen and oxygen atoms in total. The lowest BCUT2D eigenvalue weighted by atomic mass is 9.93. The van der Waals surface area contributed by atoms with E-state index in [0.717, 1.165) is 27.9 Å². The number of benzene rings is 3. The summed E-state index contributed by atoms with van der Waals surface area (Å²) < 4.78 is 27.0. The monoisotopic (exact) mass is 573 g/mol. The summed E-state index contributed by atoms with van der Waals surface area (Å²) >= 11 is 0. The molecule has 0 spiro atoms. The lowest BCUT2D eigenvalue weighted by molar-refractivity contribution is -0.135. The van der Waals surface area contributed by atoms with Crippen LogP contribution in [0.3, 0.4) is 0 Å². The van der Waals surface area contributed by atoms with Gasteiger partial charge in [-0.2, -0.15) is 0 Å². The minimum atomic E-state index is -2.85. The quantitative estimate of drug-likeness (QED) is 0.196. The van der Waals surface area contributed by atoms with Gasteiger partial charge >= 0.3 is 5.97 Å². The molecule has 2 amide bonds. The number of aromatic amines is 1. The average molecular weight is 574 g/mol. The van der Waals surface area contributed by atoms with Gasteiger partial charge in [-0.05, 0) is 79.3 Å². The second-order valence-electron chi connectivity index (χ2n) is 10.2. The second kappa shape index (κ2) is 12.7. The smallest absolute Gasteiger partial charge is 0.339 e. The van der Waals surface area contributed by atoms with Gasteiger partial charge in [0.25, 0.3) is 0 Å². The maximum Gasteiger partial charge on any atom is 0.339 e. The summed E-state index contributed by atoms with van der Waals surface area (Å²) in [5.74, 6) is -2.22. The van der Waals surface area contributed by atoms with Crippen molar-refractivity contribution in [2.24, 2.45) is 11.5 Å². The summed E-state index contributed by atoms with van der Waals surface area (Å²) in [5, 5.41) is 9.78. The number of aromatic nitrogens is 2. The summed E-state index contributed by atoms with van der Waals surface area (Å²) in [6.45, 7) is 5.34. The Morgan fingerprint density at radius 3 is 2.40 bits per heavy atom. The molecule has 218 valence electrons. The highest BCUT2D eigenvalue weighted by atomic mass is 16.5. The van der Waals surface area contributed by atoms with Gasteiger partial charge in [-0.25, -0.2) is 9.78 Å². The van der Waals surface area contributed by atoms with E-state index in [0.29, 0.717) is 17.0 Å². The van der Waals surface area contributed by atoms with Crippen molar-refractivity contribution in [2.45, 2.75) is 45.8 Å². The molecule has 6 N–H and O–H groups in total. The molecule has 10 heteroatoms. The Morgan fingerprint density at radius 2 is 1.79 bits per heavy atom. The number of aromatic carboxylic acids is 1. The number of rotatable bonds is 11. The molecule has 0 aliphatic heterocycles. The van der Waals surface area contributed by atoms with Crippen LogP contribution in [0.25, 0.3) is 11.3 Å². The number of nitrogens with zero attached hydrogens (tertiary/aromatic N) is 2. The number of ether oxygens (including phenoxy) is 1. The van der Waals surface area contributed by atoms with Crippen molar-refractivity contribution >= 4 is 17.8 Å². The zero-order valence-corrected chi connectivity index (χ0v) is 23.5. The first-order chi connectivity index (χ1) is 21.1. The normalized spacial score (nSPS) is 13.8. The van der Waals surface area contributed by atoms with Crippen molar-refractivity contribution < 1.29 is 28.3 Å². The van der Waals surface area contributed by atoms with Crippen molar-refractivity contribution in [3.8, 4) is 17.0 Å². The fraction of sp³-hybridized carbons (Fsp3) is 0.250. The van der Waals surface area contributed by atoms with Crippen LogP contribution < -0.4 is 16.2 Å². The van der Waals surface area contributed by atoms with Gasteiger partial charge in [0.05, 0.1) is 35.1 Å². The lowest BCUT2D eigenvalue weighted by Gasteiger charge is -2.31. The van der Waals surface area contributed by atoms with E-state index in [1.165, 1.54) is 23.1 Å². The number of hydrogen-bond acceptors (Lipinski definition) is 6. The van der Waals surface area contributed by atoms with Gasteiger partial charge in [0.2, 0.25) is 11.8 Å². The van der Waals surface area contributed by atoms with Gasteiger partial charge in [0, 0.05) is 12.1 Å². The Labute approximate surface area is 248 Å². The lowest BCUT2D eigenvalue weighted by Crippen LogP contribution is -2.46. The number of primary amides is 1. The number of carboxylic acids is 1. The molecule has 1 heterocycles. The number of nitrogens with two attached hydrogens (primary N) is 2. The Balaban J connectivity index is 1.69. The highest BCUT2D eigenvalue weighted by Crippen LogP contribution is 2.28. The fourth-order valence-electron chi connectivity index (χ4n) is 4.97. The average Bonchev–Trinajstić information content (AvgIpc) is 3.47. The largest absolute Gasteiger partial charge is 0.496 e. The molecule has 0 aliphatic carbocycles. The van der Waals surface area contributed by atoms with E-state index in [1.807, 2.05) is 44.2 Å².